The molecular formula is C20H23N3O5. The monoisotopic (exact) mass is 385 g/mol. The number of hydrogen-bond donors (Lipinski definition) is 1. The number of nitro groups is 1. The third kappa shape index (κ3) is 5.80. The van der Waals surface area contributed by atoms with E-state index in [2.05, 4.69) is 5.32 Å². The molecule has 0 radical (unpaired) electrons. The fourth-order valence-corrected chi connectivity index (χ4v) is 2.35. The van der Waals surface area contributed by atoms with Crippen molar-refractivity contribution in [2.24, 2.45) is 5.92 Å². The number of nitrogens with zero attached hydrogens (tertiary/aromatic N) is 2. The Bertz CT molecular complexity index is 849. The van der Waals surface area contributed by atoms with Crippen molar-refractivity contribution in [1.82, 2.24) is 5.32 Å². The van der Waals surface area contributed by atoms with Gasteiger partial charge in [0.05, 0.1) is 4.92 Å². The molecule has 0 saturated heterocycles. The number of nitrogens with one attached hydrogen (secondary N) is 1. The molecule has 0 saturated carbocycles. The lowest BCUT2D eigenvalue weighted by Crippen LogP contribution is -2.31. The van der Waals surface area contributed by atoms with Gasteiger partial charge in [0.1, 0.15) is 5.75 Å². The average Bonchev–Trinajstić information content (AvgIpc) is 2.70. The van der Waals surface area contributed by atoms with Crippen molar-refractivity contribution in [3.8, 4) is 5.75 Å². The number of ether oxygens (including phenoxy) is 1. The Hall–Kier alpha value is -3.42. The molecule has 0 heterocycles. The highest BCUT2D eigenvalue weighted by Crippen LogP contribution is 2.21. The summed E-state index contributed by atoms with van der Waals surface area (Å²) in [6, 6.07) is 12.2. The molecule has 148 valence electrons. The van der Waals surface area contributed by atoms with E-state index in [9.17, 15) is 19.7 Å². The van der Waals surface area contributed by atoms with E-state index in [-0.39, 0.29) is 29.7 Å². The maximum absolute atomic E-state index is 12.6. The maximum atomic E-state index is 12.6. The van der Waals surface area contributed by atoms with Crippen molar-refractivity contribution in [3.05, 3.63) is 64.2 Å². The molecule has 0 aliphatic heterocycles. The topological polar surface area (TPSA) is 102 Å². The summed E-state index contributed by atoms with van der Waals surface area (Å²) >= 11 is 0. The van der Waals surface area contributed by atoms with E-state index >= 15 is 0 Å². The van der Waals surface area contributed by atoms with Crippen LogP contribution in [-0.4, -0.2) is 36.9 Å². The van der Waals surface area contributed by atoms with Crippen molar-refractivity contribution in [2.45, 2.75) is 13.8 Å². The lowest BCUT2D eigenvalue weighted by Gasteiger charge is -2.18. The largest absolute Gasteiger partial charge is 0.484 e. The molecular weight excluding hydrogens is 362 g/mol. The summed E-state index contributed by atoms with van der Waals surface area (Å²) in [5.41, 5.74) is 0.672. The molecule has 0 aromatic heterocycles. The Morgan fingerprint density at radius 3 is 2.46 bits per heavy atom. The van der Waals surface area contributed by atoms with Crippen molar-refractivity contribution in [3.63, 3.8) is 0 Å². The normalized spacial score (nSPS) is 10.4. The molecule has 1 N–H and O–H groups in total. The zero-order valence-electron chi connectivity index (χ0n) is 16.0. The van der Waals surface area contributed by atoms with Gasteiger partial charge in [0.15, 0.2) is 6.61 Å². The smallest absolute Gasteiger partial charge is 0.270 e. The van der Waals surface area contributed by atoms with Crippen LogP contribution in [0.5, 0.6) is 5.75 Å². The van der Waals surface area contributed by atoms with Crippen molar-refractivity contribution < 1.29 is 19.2 Å². The van der Waals surface area contributed by atoms with E-state index in [4.69, 9.17) is 4.74 Å². The Balaban J connectivity index is 1.98. The molecule has 0 bridgehead atoms. The van der Waals surface area contributed by atoms with Gasteiger partial charge in [0.25, 0.3) is 17.5 Å². The van der Waals surface area contributed by atoms with Crippen LogP contribution >= 0.6 is 0 Å². The molecule has 2 aromatic rings. The molecule has 0 aliphatic rings. The van der Waals surface area contributed by atoms with Gasteiger partial charge in [0.2, 0.25) is 0 Å². The number of carbonyl (C=O) groups is 2. The van der Waals surface area contributed by atoms with Gasteiger partial charge in [-0.3, -0.25) is 19.7 Å². The molecule has 8 heteroatoms. The zero-order chi connectivity index (χ0) is 20.7. The first kappa shape index (κ1) is 20.9. The quantitative estimate of drug-likeness (QED) is 0.556. The van der Waals surface area contributed by atoms with Crippen LogP contribution in [0, 0.1) is 16.0 Å². The van der Waals surface area contributed by atoms with Crippen LogP contribution in [0.15, 0.2) is 48.5 Å². The fourth-order valence-electron chi connectivity index (χ4n) is 2.35. The number of nitro benzene ring substituents is 1. The highest BCUT2D eigenvalue weighted by molar-refractivity contribution is 6.06. The first-order valence-electron chi connectivity index (χ1n) is 8.80. The van der Waals surface area contributed by atoms with Gasteiger partial charge in [-0.1, -0.05) is 19.9 Å². The molecule has 2 rings (SSSR count). The summed E-state index contributed by atoms with van der Waals surface area (Å²) in [6.45, 7) is 4.51. The fraction of sp³-hybridized carbons (Fsp3) is 0.300. The van der Waals surface area contributed by atoms with E-state index in [0.717, 1.165) is 0 Å². The maximum Gasteiger partial charge on any atom is 0.270 e. The Morgan fingerprint density at radius 1 is 1.18 bits per heavy atom. The number of non-ortho nitro benzene ring substituents is 1. The summed E-state index contributed by atoms with van der Waals surface area (Å²) in [5, 5.41) is 13.6. The van der Waals surface area contributed by atoms with Crippen molar-refractivity contribution >= 4 is 23.2 Å². The number of anilines is 1. The molecule has 8 nitrogen and oxygen atoms in total. The van der Waals surface area contributed by atoms with Crippen LogP contribution in [0.2, 0.25) is 0 Å². The average molecular weight is 385 g/mol. The van der Waals surface area contributed by atoms with Crippen LogP contribution in [-0.2, 0) is 4.79 Å². The van der Waals surface area contributed by atoms with E-state index in [1.807, 2.05) is 13.8 Å². The van der Waals surface area contributed by atoms with Crippen LogP contribution in [0.25, 0.3) is 0 Å². The van der Waals surface area contributed by atoms with Crippen LogP contribution in [0.4, 0.5) is 11.4 Å². The summed E-state index contributed by atoms with van der Waals surface area (Å²) < 4.78 is 5.43. The molecule has 0 aliphatic carbocycles. The van der Waals surface area contributed by atoms with Gasteiger partial charge in [-0.15, -0.1) is 0 Å². The molecule has 2 aromatic carbocycles. The first-order valence-corrected chi connectivity index (χ1v) is 8.80. The molecule has 0 fully saturated rings. The lowest BCUT2D eigenvalue weighted by atomic mass is 10.1. The van der Waals surface area contributed by atoms with Gasteiger partial charge in [-0.2, -0.15) is 0 Å². The predicted octanol–water partition coefficient (Wildman–Crippen LogP) is 3.02. The third-order valence-corrected chi connectivity index (χ3v) is 3.91. The minimum atomic E-state index is -0.541. The summed E-state index contributed by atoms with van der Waals surface area (Å²) in [6.07, 6.45) is 0. The second-order valence-corrected chi connectivity index (χ2v) is 6.65. The van der Waals surface area contributed by atoms with E-state index in [1.54, 1.807) is 31.3 Å². The van der Waals surface area contributed by atoms with Crippen LogP contribution in [0.1, 0.15) is 24.2 Å². The summed E-state index contributed by atoms with van der Waals surface area (Å²) in [7, 11) is 1.58. The second kappa shape index (κ2) is 9.50. The molecule has 0 spiro atoms. The molecule has 0 atom stereocenters. The summed E-state index contributed by atoms with van der Waals surface area (Å²) in [4.78, 5) is 36.0. The standard InChI is InChI=1S/C20H23N3O5/c1-14(2)12-21-19(24)13-28-18-9-7-16(8-10-18)22(3)20(25)15-5-4-6-17(11-15)23(26)27/h4-11,14H,12-13H2,1-3H3,(H,21,24). The minimum Gasteiger partial charge on any atom is -0.484 e. The Labute approximate surface area is 163 Å². The summed E-state index contributed by atoms with van der Waals surface area (Å²) in [5.74, 6) is 0.295. The van der Waals surface area contributed by atoms with E-state index in [0.29, 0.717) is 23.9 Å². The Morgan fingerprint density at radius 2 is 1.86 bits per heavy atom. The van der Waals surface area contributed by atoms with Gasteiger partial charge >= 0.3 is 0 Å². The number of benzene rings is 2. The van der Waals surface area contributed by atoms with Gasteiger partial charge < -0.3 is 15.0 Å². The number of rotatable bonds is 8. The number of hydrogen-bond acceptors (Lipinski definition) is 5. The van der Waals surface area contributed by atoms with Gasteiger partial charge in [-0.05, 0) is 36.2 Å². The second-order valence-electron chi connectivity index (χ2n) is 6.65. The molecule has 0 unspecified atom stereocenters. The van der Waals surface area contributed by atoms with Crippen LogP contribution in [0.3, 0.4) is 0 Å². The number of carbonyl (C=O) groups excluding carboxylic acids is 2. The lowest BCUT2D eigenvalue weighted by molar-refractivity contribution is -0.384. The predicted molar refractivity (Wildman–Crippen MR) is 106 cm³/mol. The molecule has 28 heavy (non-hydrogen) atoms. The van der Waals surface area contributed by atoms with Crippen molar-refractivity contribution in [2.75, 3.05) is 25.1 Å². The van der Waals surface area contributed by atoms with Gasteiger partial charge in [0, 0.05) is 37.0 Å². The SMILES string of the molecule is CC(C)CNC(=O)COc1ccc(N(C)C(=O)c2cccc([N+](=O)[O-])c2)cc1. The van der Waals surface area contributed by atoms with E-state index < -0.39 is 4.92 Å². The Kier molecular flexibility index (Phi) is 7.08. The van der Waals surface area contributed by atoms with E-state index in [1.165, 1.54) is 29.2 Å². The first-order chi connectivity index (χ1) is 13.3. The highest BCUT2D eigenvalue weighted by Gasteiger charge is 2.16. The van der Waals surface area contributed by atoms with Crippen LogP contribution < -0.4 is 15.0 Å². The minimum absolute atomic E-state index is 0.0888. The molecule has 2 amide bonds. The zero-order valence-corrected chi connectivity index (χ0v) is 16.0. The van der Waals surface area contributed by atoms with Gasteiger partial charge in [-0.25, -0.2) is 0 Å². The number of amides is 2. The third-order valence-electron chi connectivity index (χ3n) is 3.91. The van der Waals surface area contributed by atoms with Crippen molar-refractivity contribution in [1.29, 1.82) is 0 Å². The highest BCUT2D eigenvalue weighted by atomic mass is 16.6.